The summed E-state index contributed by atoms with van der Waals surface area (Å²) < 4.78 is 5.66. The summed E-state index contributed by atoms with van der Waals surface area (Å²) in [5, 5.41) is 12.6. The summed E-state index contributed by atoms with van der Waals surface area (Å²) >= 11 is 1.68. The minimum Gasteiger partial charge on any atom is -0.507 e. The molecule has 1 aliphatic carbocycles. The Balaban J connectivity index is 1.78. The first-order chi connectivity index (χ1) is 13.7. The molecule has 1 aliphatic rings. The molecule has 0 aliphatic heterocycles. The Morgan fingerprint density at radius 2 is 1.57 bits per heavy atom. The Morgan fingerprint density at radius 3 is 2.39 bits per heavy atom. The van der Waals surface area contributed by atoms with Gasteiger partial charge >= 0.3 is 0 Å². The first-order valence-corrected chi connectivity index (χ1v) is 10.2. The van der Waals surface area contributed by atoms with E-state index in [9.17, 15) is 5.11 Å². The number of rotatable bonds is 3. The standard InChI is InChI=1S/C25H20O2S/c1-27-23-14-20-21(15-24(23)28-18-8-3-2-4-9-18)25-17(13-22(20)26)12-11-16-7-5-6-10-19(16)25/h2-10,13-15,26H,11-12H2,1H3. The summed E-state index contributed by atoms with van der Waals surface area (Å²) in [4.78, 5) is 2.21. The van der Waals surface area contributed by atoms with Gasteiger partial charge in [0.05, 0.1) is 12.0 Å². The average Bonchev–Trinajstić information content (AvgIpc) is 2.74. The Labute approximate surface area is 168 Å². The minimum atomic E-state index is 0.322. The molecule has 0 heterocycles. The van der Waals surface area contributed by atoms with Crippen LogP contribution in [0.4, 0.5) is 0 Å². The third-order valence-electron chi connectivity index (χ3n) is 5.40. The normalized spacial score (nSPS) is 12.5. The van der Waals surface area contributed by atoms with E-state index in [0.29, 0.717) is 5.75 Å². The van der Waals surface area contributed by atoms with Crippen molar-refractivity contribution in [3.63, 3.8) is 0 Å². The second-order valence-electron chi connectivity index (χ2n) is 7.05. The fraction of sp³-hybridized carbons (Fsp3) is 0.120. The van der Waals surface area contributed by atoms with E-state index < -0.39 is 0 Å². The predicted molar refractivity (Wildman–Crippen MR) is 116 cm³/mol. The van der Waals surface area contributed by atoms with Crippen molar-refractivity contribution in [1.82, 2.24) is 0 Å². The summed E-state index contributed by atoms with van der Waals surface area (Å²) in [6, 6.07) is 25.0. The summed E-state index contributed by atoms with van der Waals surface area (Å²) in [6.07, 6.45) is 1.96. The van der Waals surface area contributed by atoms with Crippen molar-refractivity contribution < 1.29 is 9.84 Å². The van der Waals surface area contributed by atoms with Crippen LogP contribution in [-0.2, 0) is 12.8 Å². The van der Waals surface area contributed by atoms with Crippen molar-refractivity contribution in [3.05, 3.63) is 83.9 Å². The van der Waals surface area contributed by atoms with Crippen molar-refractivity contribution in [2.24, 2.45) is 0 Å². The number of ether oxygens (including phenoxy) is 1. The first-order valence-electron chi connectivity index (χ1n) is 9.42. The molecule has 4 aromatic carbocycles. The van der Waals surface area contributed by atoms with E-state index in [1.807, 2.05) is 30.3 Å². The summed E-state index contributed by atoms with van der Waals surface area (Å²) in [5.41, 5.74) is 5.10. The molecule has 0 fully saturated rings. The molecule has 0 atom stereocenters. The lowest BCUT2D eigenvalue weighted by molar-refractivity contribution is 0.405. The molecule has 28 heavy (non-hydrogen) atoms. The zero-order chi connectivity index (χ0) is 19.1. The Morgan fingerprint density at radius 1 is 0.821 bits per heavy atom. The molecule has 3 heteroatoms. The van der Waals surface area contributed by atoms with Gasteiger partial charge in [-0.15, -0.1) is 0 Å². The SMILES string of the molecule is COc1cc2c(O)cc3c(c2cc1Sc1ccccc1)-c1ccccc1CC3. The molecule has 0 amide bonds. The Bertz CT molecular complexity index is 1180. The number of benzene rings is 4. The van der Waals surface area contributed by atoms with Gasteiger partial charge in [0.2, 0.25) is 0 Å². The van der Waals surface area contributed by atoms with Crippen molar-refractivity contribution in [1.29, 1.82) is 0 Å². The monoisotopic (exact) mass is 384 g/mol. The zero-order valence-corrected chi connectivity index (χ0v) is 16.4. The quantitative estimate of drug-likeness (QED) is 0.439. The molecule has 4 aromatic rings. The second-order valence-corrected chi connectivity index (χ2v) is 8.17. The van der Waals surface area contributed by atoms with Crippen LogP contribution in [-0.4, -0.2) is 12.2 Å². The third-order valence-corrected chi connectivity index (χ3v) is 6.45. The molecule has 2 nitrogen and oxygen atoms in total. The Kier molecular flexibility index (Phi) is 4.25. The van der Waals surface area contributed by atoms with E-state index in [-0.39, 0.29) is 0 Å². The van der Waals surface area contributed by atoms with Crippen LogP contribution in [0, 0.1) is 0 Å². The number of aromatic hydroxyl groups is 1. The largest absolute Gasteiger partial charge is 0.507 e. The number of methoxy groups -OCH3 is 1. The molecule has 0 aromatic heterocycles. The van der Waals surface area contributed by atoms with Gasteiger partial charge in [0.15, 0.2) is 0 Å². The fourth-order valence-corrected chi connectivity index (χ4v) is 5.05. The zero-order valence-electron chi connectivity index (χ0n) is 15.6. The van der Waals surface area contributed by atoms with Crippen LogP contribution < -0.4 is 4.74 Å². The van der Waals surface area contributed by atoms with Crippen LogP contribution >= 0.6 is 11.8 Å². The maximum absolute atomic E-state index is 10.7. The van der Waals surface area contributed by atoms with Gasteiger partial charge in [-0.2, -0.15) is 0 Å². The lowest BCUT2D eigenvalue weighted by Gasteiger charge is -2.23. The predicted octanol–water partition coefficient (Wildman–Crippen LogP) is 6.47. The average molecular weight is 385 g/mol. The van der Waals surface area contributed by atoms with Gasteiger partial charge in [-0.25, -0.2) is 0 Å². The fourth-order valence-electron chi connectivity index (χ4n) is 4.09. The van der Waals surface area contributed by atoms with E-state index in [1.165, 1.54) is 22.3 Å². The first kappa shape index (κ1) is 17.2. The van der Waals surface area contributed by atoms with Crippen molar-refractivity contribution in [2.45, 2.75) is 22.6 Å². The highest BCUT2D eigenvalue weighted by molar-refractivity contribution is 7.99. The van der Waals surface area contributed by atoms with E-state index in [0.717, 1.165) is 39.2 Å². The molecule has 5 rings (SSSR count). The molecule has 0 spiro atoms. The molecule has 0 saturated heterocycles. The van der Waals surface area contributed by atoms with Crippen LogP contribution in [0.1, 0.15) is 11.1 Å². The van der Waals surface area contributed by atoms with Gasteiger partial charge in [0.25, 0.3) is 0 Å². The Hall–Kier alpha value is -2.91. The van der Waals surface area contributed by atoms with Crippen LogP contribution in [0.3, 0.4) is 0 Å². The molecule has 0 unspecified atom stereocenters. The van der Waals surface area contributed by atoms with Crippen molar-refractivity contribution in [2.75, 3.05) is 7.11 Å². The lowest BCUT2D eigenvalue weighted by Crippen LogP contribution is -2.04. The molecule has 0 bridgehead atoms. The third kappa shape index (κ3) is 2.83. The van der Waals surface area contributed by atoms with E-state index in [2.05, 4.69) is 42.5 Å². The van der Waals surface area contributed by atoms with Crippen molar-refractivity contribution >= 4 is 22.5 Å². The van der Waals surface area contributed by atoms with E-state index >= 15 is 0 Å². The van der Waals surface area contributed by atoms with Gasteiger partial charge in [-0.05, 0) is 70.8 Å². The highest BCUT2D eigenvalue weighted by atomic mass is 32.2. The molecular weight excluding hydrogens is 364 g/mol. The lowest BCUT2D eigenvalue weighted by atomic mass is 9.82. The summed E-state index contributed by atoms with van der Waals surface area (Å²) in [7, 11) is 1.68. The number of phenols is 1. The number of hydrogen-bond acceptors (Lipinski definition) is 3. The maximum Gasteiger partial charge on any atom is 0.133 e. The van der Waals surface area contributed by atoms with Gasteiger partial charge in [0.1, 0.15) is 11.5 Å². The highest BCUT2D eigenvalue weighted by Crippen LogP contribution is 2.46. The highest BCUT2D eigenvalue weighted by Gasteiger charge is 2.21. The molecule has 138 valence electrons. The topological polar surface area (TPSA) is 29.5 Å². The minimum absolute atomic E-state index is 0.322. The molecule has 0 radical (unpaired) electrons. The van der Waals surface area contributed by atoms with Gasteiger partial charge in [-0.1, -0.05) is 54.2 Å². The molecular formula is C25H20O2S. The summed E-state index contributed by atoms with van der Waals surface area (Å²) in [5.74, 6) is 1.10. The molecule has 1 N–H and O–H groups in total. The van der Waals surface area contributed by atoms with Crippen molar-refractivity contribution in [3.8, 4) is 22.6 Å². The molecule has 0 saturated carbocycles. The number of hydrogen-bond donors (Lipinski definition) is 1. The van der Waals surface area contributed by atoms with Crippen LogP contribution in [0.15, 0.2) is 82.6 Å². The van der Waals surface area contributed by atoms with E-state index in [4.69, 9.17) is 4.74 Å². The van der Waals surface area contributed by atoms with Gasteiger partial charge in [-0.3, -0.25) is 0 Å². The smallest absolute Gasteiger partial charge is 0.133 e. The number of aryl methyl sites for hydroxylation is 2. The van der Waals surface area contributed by atoms with Gasteiger partial charge in [0, 0.05) is 10.3 Å². The van der Waals surface area contributed by atoms with E-state index in [1.54, 1.807) is 18.9 Å². The second kappa shape index (κ2) is 6.92. The summed E-state index contributed by atoms with van der Waals surface area (Å²) in [6.45, 7) is 0. The van der Waals surface area contributed by atoms with Crippen LogP contribution in [0.25, 0.3) is 21.9 Å². The maximum atomic E-state index is 10.7. The van der Waals surface area contributed by atoms with Crippen LogP contribution in [0.5, 0.6) is 11.5 Å². The van der Waals surface area contributed by atoms with Crippen LogP contribution in [0.2, 0.25) is 0 Å². The number of phenolic OH excluding ortho intramolecular Hbond substituents is 1. The van der Waals surface area contributed by atoms with Gasteiger partial charge < -0.3 is 9.84 Å². The number of fused-ring (bicyclic) bond motifs is 5.